The summed E-state index contributed by atoms with van der Waals surface area (Å²) in [5.41, 5.74) is 3.74. The maximum absolute atomic E-state index is 4.61. The molecule has 84 valence electrons. The highest BCUT2D eigenvalue weighted by molar-refractivity contribution is 5.75. The molecule has 0 N–H and O–H groups in total. The zero-order valence-electron chi connectivity index (χ0n) is 9.85. The summed E-state index contributed by atoms with van der Waals surface area (Å²) in [5.74, 6) is 0. The molecule has 1 aliphatic heterocycles. The van der Waals surface area contributed by atoms with Crippen LogP contribution < -0.4 is 10.4 Å². The van der Waals surface area contributed by atoms with E-state index in [0.29, 0.717) is 0 Å². The van der Waals surface area contributed by atoms with Gasteiger partial charge in [-0.1, -0.05) is 67.1 Å². The summed E-state index contributed by atoms with van der Waals surface area (Å²) in [5, 5.41) is 7.20. The lowest BCUT2D eigenvalue weighted by atomic mass is 9.99. The lowest BCUT2D eigenvalue weighted by Gasteiger charge is -2.29. The topological polar surface area (TPSA) is 14.1 Å². The van der Waals surface area contributed by atoms with Gasteiger partial charge in [-0.25, -0.2) is 0 Å². The first-order valence-electron chi connectivity index (χ1n) is 5.88. The number of nitrogens with zero attached hydrogens (tertiary/aromatic N) is 1. The summed E-state index contributed by atoms with van der Waals surface area (Å²) in [6, 6.07) is 19.0. The van der Waals surface area contributed by atoms with Crippen LogP contribution in [0.4, 0.5) is 0 Å². The van der Waals surface area contributed by atoms with E-state index in [-0.39, 0.29) is 0 Å². The molecule has 1 heterocycles. The number of fused-ring (bicyclic) bond motifs is 1. The molecule has 0 radical (unpaired) electrons. The van der Waals surface area contributed by atoms with Gasteiger partial charge in [-0.3, -0.25) is 0 Å². The van der Waals surface area contributed by atoms with Gasteiger partial charge in [0.15, 0.2) is 0 Å². The third-order valence-electron chi connectivity index (χ3n) is 3.24. The normalized spacial score (nSPS) is 14.2. The SMILES string of the molecule is CC1=c2ccccc2=C(c2ccccc2)C[N-]1. The first kappa shape index (κ1) is 10.2. The van der Waals surface area contributed by atoms with Crippen molar-refractivity contribution < 1.29 is 0 Å². The maximum atomic E-state index is 4.61. The van der Waals surface area contributed by atoms with E-state index in [4.69, 9.17) is 0 Å². The van der Waals surface area contributed by atoms with E-state index >= 15 is 0 Å². The van der Waals surface area contributed by atoms with Crippen LogP contribution in [0.25, 0.3) is 16.6 Å². The average molecular weight is 220 g/mol. The summed E-state index contributed by atoms with van der Waals surface area (Å²) in [6.07, 6.45) is 0. The van der Waals surface area contributed by atoms with Crippen LogP contribution in [0.5, 0.6) is 0 Å². The van der Waals surface area contributed by atoms with Gasteiger partial charge in [-0.2, -0.15) is 5.70 Å². The Morgan fingerprint density at radius 3 is 2.24 bits per heavy atom. The van der Waals surface area contributed by atoms with E-state index in [0.717, 1.165) is 12.2 Å². The molecule has 0 bridgehead atoms. The smallest absolute Gasteiger partial charge is 0.0177 e. The predicted octanol–water partition coefficient (Wildman–Crippen LogP) is 2.40. The number of hydrogen-bond donors (Lipinski definition) is 0. The fraction of sp³-hybridized carbons (Fsp3) is 0.125. The molecule has 0 atom stereocenters. The van der Waals surface area contributed by atoms with Crippen LogP contribution in [0, 0.1) is 0 Å². The van der Waals surface area contributed by atoms with Gasteiger partial charge in [-0.05, 0) is 16.0 Å². The lowest BCUT2D eigenvalue weighted by molar-refractivity contribution is 1.30. The molecule has 0 fully saturated rings. The second-order valence-corrected chi connectivity index (χ2v) is 4.29. The molecule has 2 aromatic carbocycles. The maximum Gasteiger partial charge on any atom is -0.0177 e. The van der Waals surface area contributed by atoms with Crippen molar-refractivity contribution in [3.05, 3.63) is 75.9 Å². The Morgan fingerprint density at radius 1 is 0.824 bits per heavy atom. The minimum Gasteiger partial charge on any atom is -0.684 e. The fourth-order valence-electron chi connectivity index (χ4n) is 2.32. The van der Waals surface area contributed by atoms with Gasteiger partial charge in [0, 0.05) is 0 Å². The van der Waals surface area contributed by atoms with Gasteiger partial charge in [0.1, 0.15) is 0 Å². The van der Waals surface area contributed by atoms with Crippen molar-refractivity contribution >= 4 is 11.3 Å². The summed E-state index contributed by atoms with van der Waals surface area (Å²) in [6.45, 7) is 2.87. The molecule has 0 aromatic heterocycles. The van der Waals surface area contributed by atoms with Gasteiger partial charge in [0.05, 0.1) is 0 Å². The van der Waals surface area contributed by atoms with E-state index in [1.54, 1.807) is 0 Å². The zero-order chi connectivity index (χ0) is 11.7. The summed E-state index contributed by atoms with van der Waals surface area (Å²) >= 11 is 0. The molecule has 0 amide bonds. The average Bonchev–Trinajstić information content (AvgIpc) is 2.41. The van der Waals surface area contributed by atoms with Crippen LogP contribution in [0.15, 0.2) is 54.6 Å². The van der Waals surface area contributed by atoms with Crippen molar-refractivity contribution in [1.29, 1.82) is 0 Å². The molecule has 0 unspecified atom stereocenters. The third-order valence-corrected chi connectivity index (χ3v) is 3.24. The first-order chi connectivity index (χ1) is 8.36. The van der Waals surface area contributed by atoms with Gasteiger partial charge < -0.3 is 5.32 Å². The zero-order valence-corrected chi connectivity index (χ0v) is 9.85. The molecule has 1 heteroatoms. The molecule has 2 aromatic rings. The molecule has 0 saturated heterocycles. The predicted molar refractivity (Wildman–Crippen MR) is 72.0 cm³/mol. The van der Waals surface area contributed by atoms with Gasteiger partial charge in [0.2, 0.25) is 0 Å². The Morgan fingerprint density at radius 2 is 1.47 bits per heavy atom. The second-order valence-electron chi connectivity index (χ2n) is 4.29. The lowest BCUT2D eigenvalue weighted by Crippen LogP contribution is -2.32. The molecule has 1 nitrogen and oxygen atoms in total. The van der Waals surface area contributed by atoms with Crippen LogP contribution in [-0.4, -0.2) is 6.54 Å². The Bertz CT molecular complexity index is 653. The first-order valence-corrected chi connectivity index (χ1v) is 5.88. The highest BCUT2D eigenvalue weighted by atomic mass is 14.9. The molecule has 1 aliphatic rings. The monoisotopic (exact) mass is 220 g/mol. The molecular weight excluding hydrogens is 206 g/mol. The Balaban J connectivity index is 2.38. The molecule has 17 heavy (non-hydrogen) atoms. The van der Waals surface area contributed by atoms with Crippen molar-refractivity contribution in [1.82, 2.24) is 0 Å². The summed E-state index contributed by atoms with van der Waals surface area (Å²) < 4.78 is 0. The van der Waals surface area contributed by atoms with Crippen LogP contribution in [-0.2, 0) is 0 Å². The van der Waals surface area contributed by atoms with Crippen molar-refractivity contribution in [2.75, 3.05) is 6.54 Å². The van der Waals surface area contributed by atoms with Crippen LogP contribution >= 0.6 is 0 Å². The Kier molecular flexibility index (Phi) is 2.45. The molecule has 0 saturated carbocycles. The van der Waals surface area contributed by atoms with E-state index in [2.05, 4.69) is 60.8 Å². The number of benzene rings is 2. The Labute approximate surface area is 101 Å². The van der Waals surface area contributed by atoms with Crippen LogP contribution in [0.2, 0.25) is 0 Å². The summed E-state index contributed by atoms with van der Waals surface area (Å²) in [4.78, 5) is 0. The van der Waals surface area contributed by atoms with E-state index in [1.165, 1.54) is 21.6 Å². The van der Waals surface area contributed by atoms with Crippen molar-refractivity contribution in [2.45, 2.75) is 6.92 Å². The third kappa shape index (κ3) is 1.74. The highest BCUT2D eigenvalue weighted by Crippen LogP contribution is 2.17. The fourth-order valence-corrected chi connectivity index (χ4v) is 2.32. The molecule has 0 spiro atoms. The summed E-state index contributed by atoms with van der Waals surface area (Å²) in [7, 11) is 0. The minimum absolute atomic E-state index is 0.785. The van der Waals surface area contributed by atoms with Crippen molar-refractivity contribution in [3.63, 3.8) is 0 Å². The quantitative estimate of drug-likeness (QED) is 0.700. The highest BCUT2D eigenvalue weighted by Gasteiger charge is 2.02. The largest absolute Gasteiger partial charge is 0.684 e. The second kappa shape index (κ2) is 4.10. The van der Waals surface area contributed by atoms with Crippen molar-refractivity contribution in [3.8, 4) is 0 Å². The van der Waals surface area contributed by atoms with Gasteiger partial charge in [0.25, 0.3) is 0 Å². The van der Waals surface area contributed by atoms with Gasteiger partial charge >= 0.3 is 0 Å². The Hall–Kier alpha value is -2.02. The van der Waals surface area contributed by atoms with Gasteiger partial charge in [-0.15, -0.1) is 6.54 Å². The molecular formula is C16H14N-. The van der Waals surface area contributed by atoms with Crippen LogP contribution in [0.3, 0.4) is 0 Å². The van der Waals surface area contributed by atoms with Crippen LogP contribution in [0.1, 0.15) is 12.5 Å². The van der Waals surface area contributed by atoms with E-state index in [9.17, 15) is 0 Å². The number of rotatable bonds is 1. The standard InChI is InChI=1S/C16H14N/c1-12-14-9-5-6-10-15(14)16(11-17-12)13-7-3-2-4-8-13/h2-10H,11H2,1H3/q-1. The molecule has 0 aliphatic carbocycles. The minimum atomic E-state index is 0.785. The molecule has 3 rings (SSSR count). The van der Waals surface area contributed by atoms with Crippen molar-refractivity contribution in [2.24, 2.45) is 0 Å². The van der Waals surface area contributed by atoms with E-state index < -0.39 is 0 Å². The number of hydrogen-bond acceptors (Lipinski definition) is 0. The van der Waals surface area contributed by atoms with E-state index in [1.807, 2.05) is 6.07 Å².